The monoisotopic (exact) mass is 166 g/mol. The van der Waals surface area contributed by atoms with Crippen LogP contribution in [0.2, 0.25) is 0 Å². The molecule has 0 spiro atoms. The van der Waals surface area contributed by atoms with Gasteiger partial charge in [0, 0.05) is 7.11 Å². The van der Waals surface area contributed by atoms with Gasteiger partial charge in [0.1, 0.15) is 0 Å². The molecule has 1 fully saturated rings. The lowest BCUT2D eigenvalue weighted by atomic mass is 9.49. The Balaban J connectivity index is 2.13. The molecule has 0 saturated heterocycles. The third-order valence-corrected chi connectivity index (χ3v) is 3.89. The average molecular weight is 166 g/mol. The van der Waals surface area contributed by atoms with Crippen LogP contribution >= 0.6 is 0 Å². The molecule has 12 heavy (non-hydrogen) atoms. The molecule has 0 aromatic heterocycles. The number of methoxy groups -OCH3 is 1. The first-order valence-corrected chi connectivity index (χ1v) is 4.84. The Hall–Kier alpha value is -0.300. The van der Waals surface area contributed by atoms with Gasteiger partial charge in [-0.15, -0.1) is 0 Å². The van der Waals surface area contributed by atoms with E-state index < -0.39 is 0 Å². The van der Waals surface area contributed by atoms with E-state index in [9.17, 15) is 0 Å². The van der Waals surface area contributed by atoms with E-state index in [1.807, 2.05) is 0 Å². The number of ether oxygens (including phenoxy) is 1. The number of allylic oxidation sites excluding steroid dienone is 1. The van der Waals surface area contributed by atoms with Gasteiger partial charge in [0.05, 0.1) is 6.61 Å². The predicted octanol–water partition coefficient (Wildman–Crippen LogP) is 2.63. The maximum absolute atomic E-state index is 5.20. The molecule has 0 amide bonds. The molecule has 0 aliphatic heterocycles. The molecular weight excluding hydrogens is 148 g/mol. The van der Waals surface area contributed by atoms with Crippen LogP contribution in [0.3, 0.4) is 0 Å². The zero-order valence-corrected chi connectivity index (χ0v) is 8.26. The third kappa shape index (κ3) is 0.957. The SMILES string of the molecule is COCC1=CC[C@H]2C[C@H]1C2(C)C. The summed E-state index contributed by atoms with van der Waals surface area (Å²) < 4.78 is 5.20. The molecule has 1 heteroatoms. The highest BCUT2D eigenvalue weighted by Gasteiger charge is 2.50. The molecule has 0 radical (unpaired) electrons. The Morgan fingerprint density at radius 2 is 2.33 bits per heavy atom. The van der Waals surface area contributed by atoms with Crippen LogP contribution in [0.1, 0.15) is 26.7 Å². The summed E-state index contributed by atoms with van der Waals surface area (Å²) in [5.74, 6) is 1.76. The summed E-state index contributed by atoms with van der Waals surface area (Å²) in [5.41, 5.74) is 2.10. The van der Waals surface area contributed by atoms with Gasteiger partial charge in [0.2, 0.25) is 0 Å². The van der Waals surface area contributed by atoms with Gasteiger partial charge in [-0.25, -0.2) is 0 Å². The maximum Gasteiger partial charge on any atom is 0.0675 e. The molecular formula is C11H18O. The number of hydrogen-bond acceptors (Lipinski definition) is 1. The van der Waals surface area contributed by atoms with Crippen molar-refractivity contribution in [3.05, 3.63) is 11.6 Å². The van der Waals surface area contributed by atoms with E-state index in [2.05, 4.69) is 19.9 Å². The lowest BCUT2D eigenvalue weighted by molar-refractivity contribution is -0.0147. The second kappa shape index (κ2) is 2.59. The summed E-state index contributed by atoms with van der Waals surface area (Å²) >= 11 is 0. The molecule has 1 nitrogen and oxygen atoms in total. The molecule has 2 bridgehead atoms. The summed E-state index contributed by atoms with van der Waals surface area (Å²) in [6, 6.07) is 0. The lowest BCUT2D eigenvalue weighted by Crippen LogP contribution is -2.48. The Kier molecular flexibility index (Phi) is 1.80. The summed E-state index contributed by atoms with van der Waals surface area (Å²) in [7, 11) is 1.79. The lowest BCUT2D eigenvalue weighted by Gasteiger charge is -2.56. The second-order valence-corrected chi connectivity index (χ2v) is 4.75. The molecule has 0 aromatic carbocycles. The van der Waals surface area contributed by atoms with Gasteiger partial charge >= 0.3 is 0 Å². The Morgan fingerprint density at radius 3 is 2.83 bits per heavy atom. The van der Waals surface area contributed by atoms with Crippen molar-refractivity contribution in [2.75, 3.05) is 13.7 Å². The highest BCUT2D eigenvalue weighted by molar-refractivity contribution is 5.23. The first-order valence-electron chi connectivity index (χ1n) is 4.84. The molecule has 3 aliphatic carbocycles. The van der Waals surface area contributed by atoms with Crippen molar-refractivity contribution in [3.63, 3.8) is 0 Å². The zero-order valence-electron chi connectivity index (χ0n) is 8.26. The number of fused-ring (bicyclic) bond motifs is 1. The summed E-state index contributed by atoms with van der Waals surface area (Å²) in [4.78, 5) is 0. The fourth-order valence-corrected chi connectivity index (χ4v) is 2.81. The van der Waals surface area contributed by atoms with Crippen LogP contribution in [0.4, 0.5) is 0 Å². The standard InChI is InChI=1S/C11H18O/c1-11(2)9-5-4-8(7-12-3)10(11)6-9/h4,9-10H,5-7H2,1-3H3/t9-,10+/m0/s1. The van der Waals surface area contributed by atoms with Crippen molar-refractivity contribution in [1.29, 1.82) is 0 Å². The van der Waals surface area contributed by atoms with Gasteiger partial charge in [-0.3, -0.25) is 0 Å². The third-order valence-electron chi connectivity index (χ3n) is 3.89. The van der Waals surface area contributed by atoms with E-state index >= 15 is 0 Å². The average Bonchev–Trinajstić information content (AvgIpc) is 2.05. The molecule has 3 aliphatic rings. The fraction of sp³-hybridized carbons (Fsp3) is 0.818. The zero-order chi connectivity index (χ0) is 8.77. The summed E-state index contributed by atoms with van der Waals surface area (Å²) in [5, 5.41) is 0. The van der Waals surface area contributed by atoms with Crippen molar-refractivity contribution >= 4 is 0 Å². The number of hydrogen-bond donors (Lipinski definition) is 0. The van der Waals surface area contributed by atoms with E-state index in [0.29, 0.717) is 5.41 Å². The topological polar surface area (TPSA) is 9.23 Å². The maximum atomic E-state index is 5.20. The summed E-state index contributed by atoms with van der Waals surface area (Å²) in [6.07, 6.45) is 5.08. The molecule has 0 aromatic rings. The second-order valence-electron chi connectivity index (χ2n) is 4.75. The molecule has 3 rings (SSSR count). The van der Waals surface area contributed by atoms with Gasteiger partial charge in [0.25, 0.3) is 0 Å². The van der Waals surface area contributed by atoms with E-state index in [1.54, 1.807) is 12.7 Å². The minimum Gasteiger partial charge on any atom is -0.380 e. The van der Waals surface area contributed by atoms with E-state index in [4.69, 9.17) is 4.74 Å². The minimum atomic E-state index is 0.558. The predicted molar refractivity (Wildman–Crippen MR) is 50.0 cm³/mol. The van der Waals surface area contributed by atoms with Crippen LogP contribution in [-0.2, 0) is 4.74 Å². The highest BCUT2D eigenvalue weighted by Crippen LogP contribution is 2.59. The minimum absolute atomic E-state index is 0.558. The molecule has 1 saturated carbocycles. The van der Waals surface area contributed by atoms with Gasteiger partial charge in [-0.2, -0.15) is 0 Å². The van der Waals surface area contributed by atoms with Crippen LogP contribution in [0.25, 0.3) is 0 Å². The summed E-state index contributed by atoms with van der Waals surface area (Å²) in [6.45, 7) is 5.64. The largest absolute Gasteiger partial charge is 0.380 e. The van der Waals surface area contributed by atoms with Crippen LogP contribution in [0, 0.1) is 17.3 Å². The van der Waals surface area contributed by atoms with Crippen molar-refractivity contribution < 1.29 is 4.74 Å². The molecule has 0 unspecified atom stereocenters. The smallest absolute Gasteiger partial charge is 0.0675 e. The molecule has 0 N–H and O–H groups in total. The van der Waals surface area contributed by atoms with Gasteiger partial charge in [-0.1, -0.05) is 19.9 Å². The van der Waals surface area contributed by atoms with Crippen LogP contribution in [0.15, 0.2) is 11.6 Å². The Morgan fingerprint density at radius 1 is 1.58 bits per heavy atom. The molecule has 2 atom stereocenters. The van der Waals surface area contributed by atoms with E-state index in [0.717, 1.165) is 18.4 Å². The number of rotatable bonds is 2. The van der Waals surface area contributed by atoms with Gasteiger partial charge < -0.3 is 4.74 Å². The van der Waals surface area contributed by atoms with Crippen molar-refractivity contribution in [2.45, 2.75) is 26.7 Å². The normalized spacial score (nSPS) is 37.1. The van der Waals surface area contributed by atoms with Crippen molar-refractivity contribution in [1.82, 2.24) is 0 Å². The van der Waals surface area contributed by atoms with Gasteiger partial charge in [-0.05, 0) is 35.7 Å². The quantitative estimate of drug-likeness (QED) is 0.573. The van der Waals surface area contributed by atoms with Crippen molar-refractivity contribution in [3.8, 4) is 0 Å². The Bertz CT molecular complexity index is 215. The fourth-order valence-electron chi connectivity index (χ4n) is 2.81. The van der Waals surface area contributed by atoms with Crippen LogP contribution in [0.5, 0.6) is 0 Å². The Labute approximate surface area is 74.8 Å². The van der Waals surface area contributed by atoms with Gasteiger partial charge in [0.15, 0.2) is 0 Å². The molecule has 0 heterocycles. The van der Waals surface area contributed by atoms with Crippen LogP contribution < -0.4 is 0 Å². The first kappa shape index (κ1) is 8.31. The van der Waals surface area contributed by atoms with Crippen molar-refractivity contribution in [2.24, 2.45) is 17.3 Å². The van der Waals surface area contributed by atoms with E-state index in [-0.39, 0.29) is 0 Å². The first-order chi connectivity index (χ1) is 5.66. The van der Waals surface area contributed by atoms with E-state index in [1.165, 1.54) is 12.8 Å². The highest BCUT2D eigenvalue weighted by atomic mass is 16.5. The molecule has 68 valence electrons. The van der Waals surface area contributed by atoms with Crippen LogP contribution in [-0.4, -0.2) is 13.7 Å².